The van der Waals surface area contributed by atoms with E-state index in [-0.39, 0.29) is 17.5 Å². The second kappa shape index (κ2) is 4.98. The van der Waals surface area contributed by atoms with Crippen molar-refractivity contribution in [2.45, 2.75) is 0 Å². The van der Waals surface area contributed by atoms with Gasteiger partial charge in [0, 0.05) is 20.2 Å². The minimum atomic E-state index is -0.511. The average molecular weight is 232 g/mol. The van der Waals surface area contributed by atoms with Crippen molar-refractivity contribution in [3.8, 4) is 5.75 Å². The molecule has 1 amide bonds. The van der Waals surface area contributed by atoms with Crippen LogP contribution in [-0.4, -0.2) is 31.5 Å². The van der Waals surface area contributed by atoms with Gasteiger partial charge in [-0.1, -0.05) is 11.6 Å². The molecule has 0 aromatic heterocycles. The Balaban J connectivity index is 2.58. The van der Waals surface area contributed by atoms with E-state index in [4.69, 9.17) is 16.3 Å². The summed E-state index contributed by atoms with van der Waals surface area (Å²) in [5.74, 6) is -0.310. The molecule has 1 aromatic rings. The van der Waals surface area contributed by atoms with Gasteiger partial charge in [0.25, 0.3) is 5.91 Å². The lowest BCUT2D eigenvalue weighted by Gasteiger charge is -2.11. The number of amides is 1. The van der Waals surface area contributed by atoms with Gasteiger partial charge in [-0.15, -0.1) is 0 Å². The number of likely N-dealkylation sites (N-methyl/N-ethyl adjacent to an activating group) is 1. The molecule has 0 heterocycles. The third kappa shape index (κ3) is 3.40. The molecule has 0 aliphatic carbocycles. The van der Waals surface area contributed by atoms with Crippen LogP contribution in [0.5, 0.6) is 5.75 Å². The lowest BCUT2D eigenvalue weighted by molar-refractivity contribution is -0.130. The number of nitrogens with zero attached hydrogens (tertiary/aromatic N) is 1. The minimum Gasteiger partial charge on any atom is -0.484 e. The molecule has 0 bridgehead atoms. The highest BCUT2D eigenvalue weighted by Crippen LogP contribution is 2.20. The highest BCUT2D eigenvalue weighted by molar-refractivity contribution is 6.30. The maximum absolute atomic E-state index is 12.8. The molecular weight excluding hydrogens is 221 g/mol. The largest absolute Gasteiger partial charge is 0.484 e. The molecule has 0 radical (unpaired) electrons. The molecule has 3 nitrogen and oxygen atoms in total. The van der Waals surface area contributed by atoms with Gasteiger partial charge in [-0.05, 0) is 12.1 Å². The highest BCUT2D eigenvalue weighted by atomic mass is 35.5. The fraction of sp³-hybridized carbons (Fsp3) is 0.300. The molecule has 82 valence electrons. The summed E-state index contributed by atoms with van der Waals surface area (Å²) in [5, 5.41) is -0.0233. The fourth-order valence-electron chi connectivity index (χ4n) is 0.841. The van der Waals surface area contributed by atoms with E-state index in [1.807, 2.05) is 0 Å². The molecule has 0 aliphatic heterocycles. The summed E-state index contributed by atoms with van der Waals surface area (Å²) in [5.41, 5.74) is 0. The summed E-state index contributed by atoms with van der Waals surface area (Å²) in [6, 6.07) is 3.95. The van der Waals surface area contributed by atoms with Crippen molar-refractivity contribution >= 4 is 17.5 Å². The molecule has 15 heavy (non-hydrogen) atoms. The first kappa shape index (κ1) is 11.8. The van der Waals surface area contributed by atoms with Crippen molar-refractivity contribution < 1.29 is 13.9 Å². The number of hydrogen-bond acceptors (Lipinski definition) is 2. The Morgan fingerprint density at radius 3 is 2.73 bits per heavy atom. The molecule has 5 heteroatoms. The van der Waals surface area contributed by atoms with Gasteiger partial charge in [0.15, 0.2) is 6.61 Å². The van der Waals surface area contributed by atoms with Gasteiger partial charge in [-0.25, -0.2) is 4.39 Å². The molecule has 0 saturated carbocycles. The minimum absolute atomic E-state index is 0.0233. The van der Waals surface area contributed by atoms with E-state index >= 15 is 0 Å². The van der Waals surface area contributed by atoms with Gasteiger partial charge < -0.3 is 9.64 Å². The first-order valence-corrected chi connectivity index (χ1v) is 4.66. The van der Waals surface area contributed by atoms with Crippen LogP contribution in [-0.2, 0) is 4.79 Å². The van der Waals surface area contributed by atoms with Crippen molar-refractivity contribution in [3.05, 3.63) is 29.0 Å². The zero-order valence-corrected chi connectivity index (χ0v) is 9.21. The second-order valence-corrected chi connectivity index (χ2v) is 3.56. The Morgan fingerprint density at radius 2 is 2.20 bits per heavy atom. The Bertz CT molecular complexity index is 368. The molecule has 0 aliphatic rings. The van der Waals surface area contributed by atoms with Crippen LogP contribution in [0.3, 0.4) is 0 Å². The molecule has 0 fully saturated rings. The quantitative estimate of drug-likeness (QED) is 0.796. The van der Waals surface area contributed by atoms with Gasteiger partial charge in [-0.2, -0.15) is 0 Å². The third-order valence-corrected chi connectivity index (χ3v) is 2.04. The van der Waals surface area contributed by atoms with Crippen LogP contribution < -0.4 is 4.74 Å². The summed E-state index contributed by atoms with van der Waals surface area (Å²) in [4.78, 5) is 12.6. The average Bonchev–Trinajstić information content (AvgIpc) is 2.19. The summed E-state index contributed by atoms with van der Waals surface area (Å²) in [6.45, 7) is -0.0883. The summed E-state index contributed by atoms with van der Waals surface area (Å²) >= 11 is 5.54. The van der Waals surface area contributed by atoms with Crippen molar-refractivity contribution in [3.63, 3.8) is 0 Å². The van der Waals surface area contributed by atoms with Gasteiger partial charge in [0.2, 0.25) is 0 Å². The zero-order valence-electron chi connectivity index (χ0n) is 8.46. The summed E-state index contributed by atoms with van der Waals surface area (Å²) in [7, 11) is 3.26. The van der Waals surface area contributed by atoms with E-state index in [1.165, 1.54) is 23.1 Å². The predicted octanol–water partition coefficient (Wildman–Crippen LogP) is 1.95. The normalized spacial score (nSPS) is 9.87. The molecule has 0 atom stereocenters. The van der Waals surface area contributed by atoms with Gasteiger partial charge in [0.1, 0.15) is 11.6 Å². The van der Waals surface area contributed by atoms with Gasteiger partial charge in [-0.3, -0.25) is 4.79 Å². The first-order valence-electron chi connectivity index (χ1n) is 4.28. The van der Waals surface area contributed by atoms with Crippen molar-refractivity contribution in [1.29, 1.82) is 0 Å². The number of carbonyl (C=O) groups excluding carboxylic acids is 1. The number of ether oxygens (including phenoxy) is 1. The smallest absolute Gasteiger partial charge is 0.259 e. The third-order valence-electron chi connectivity index (χ3n) is 1.75. The number of benzene rings is 1. The SMILES string of the molecule is CN(C)C(=O)COc1ccc(F)c(Cl)c1. The molecule has 1 rings (SSSR count). The maximum atomic E-state index is 12.8. The number of rotatable bonds is 3. The topological polar surface area (TPSA) is 29.5 Å². The van der Waals surface area contributed by atoms with Crippen LogP contribution in [0.4, 0.5) is 4.39 Å². The maximum Gasteiger partial charge on any atom is 0.259 e. The monoisotopic (exact) mass is 231 g/mol. The van der Waals surface area contributed by atoms with Crippen LogP contribution >= 0.6 is 11.6 Å². The van der Waals surface area contributed by atoms with E-state index in [0.717, 1.165) is 0 Å². The van der Waals surface area contributed by atoms with Crippen molar-refractivity contribution in [2.24, 2.45) is 0 Å². The molecule has 1 aromatic carbocycles. The number of halogens is 2. The Morgan fingerprint density at radius 1 is 1.53 bits per heavy atom. The highest BCUT2D eigenvalue weighted by Gasteiger charge is 2.06. The predicted molar refractivity (Wildman–Crippen MR) is 55.6 cm³/mol. The van der Waals surface area contributed by atoms with E-state index in [2.05, 4.69) is 0 Å². The Kier molecular flexibility index (Phi) is 3.91. The first-order chi connectivity index (χ1) is 7.00. The molecule has 0 unspecified atom stereocenters. The molecule has 0 N–H and O–H groups in total. The van der Waals surface area contributed by atoms with Crippen LogP contribution in [0.2, 0.25) is 5.02 Å². The summed E-state index contributed by atoms with van der Waals surface area (Å²) in [6.07, 6.45) is 0. The summed E-state index contributed by atoms with van der Waals surface area (Å²) < 4.78 is 17.9. The van der Waals surface area contributed by atoms with Gasteiger partial charge in [0.05, 0.1) is 5.02 Å². The molecular formula is C10H11ClFNO2. The second-order valence-electron chi connectivity index (χ2n) is 3.15. The van der Waals surface area contributed by atoms with Crippen LogP contribution in [0.25, 0.3) is 0 Å². The van der Waals surface area contributed by atoms with E-state index < -0.39 is 5.82 Å². The van der Waals surface area contributed by atoms with Crippen molar-refractivity contribution in [2.75, 3.05) is 20.7 Å². The number of hydrogen-bond donors (Lipinski definition) is 0. The lowest BCUT2D eigenvalue weighted by Crippen LogP contribution is -2.27. The van der Waals surface area contributed by atoms with Gasteiger partial charge >= 0.3 is 0 Å². The number of carbonyl (C=O) groups is 1. The zero-order chi connectivity index (χ0) is 11.4. The Labute approximate surface area is 92.4 Å². The van der Waals surface area contributed by atoms with Crippen LogP contribution in [0.1, 0.15) is 0 Å². The molecule has 0 spiro atoms. The Hall–Kier alpha value is -1.29. The standard InChI is InChI=1S/C10H11ClFNO2/c1-13(2)10(14)6-15-7-3-4-9(12)8(11)5-7/h3-5H,6H2,1-2H3. The molecule has 0 saturated heterocycles. The van der Waals surface area contributed by atoms with E-state index in [0.29, 0.717) is 5.75 Å². The van der Waals surface area contributed by atoms with Crippen LogP contribution in [0.15, 0.2) is 18.2 Å². The lowest BCUT2D eigenvalue weighted by atomic mass is 10.3. The fourth-order valence-corrected chi connectivity index (χ4v) is 1.01. The van der Waals surface area contributed by atoms with Crippen LogP contribution in [0, 0.1) is 5.82 Å². The van der Waals surface area contributed by atoms with E-state index in [9.17, 15) is 9.18 Å². The van der Waals surface area contributed by atoms with E-state index in [1.54, 1.807) is 14.1 Å². The van der Waals surface area contributed by atoms with Crippen molar-refractivity contribution in [1.82, 2.24) is 4.90 Å².